The quantitative estimate of drug-likeness (QED) is 0.281. The summed E-state index contributed by atoms with van der Waals surface area (Å²) in [6.07, 6.45) is 0. The minimum atomic E-state index is -2.51. The number of fused-ring (bicyclic) bond motifs is 2. The molecule has 0 aliphatic heterocycles. The molecule has 4 rings (SSSR count). The molecule has 29 heavy (non-hydrogen) atoms. The minimum absolute atomic E-state index is 0.0104. The Morgan fingerprint density at radius 3 is 1.21 bits per heavy atom. The monoisotopic (exact) mass is 618 g/mol. The second-order valence-corrected chi connectivity index (χ2v) is 6.59. The fourth-order valence-corrected chi connectivity index (χ4v) is 2.56. The molecule has 142 valence electrons. The number of hydrogen-bond donors (Lipinski definition) is 0. The molecule has 0 radical (unpaired) electrons. The Morgan fingerprint density at radius 2 is 0.862 bits per heavy atom. The zero-order valence-electron chi connectivity index (χ0n) is 15.3. The number of benzene rings is 2. The van der Waals surface area contributed by atoms with Crippen molar-refractivity contribution in [3.63, 3.8) is 0 Å². The summed E-state index contributed by atoms with van der Waals surface area (Å²) in [6, 6.07) is 25.5. The van der Waals surface area contributed by atoms with Crippen molar-refractivity contribution in [3.8, 4) is 11.5 Å². The van der Waals surface area contributed by atoms with Gasteiger partial charge < -0.3 is 10.2 Å². The Kier molecular flexibility index (Phi) is 8.53. The molecule has 6 nitrogen and oxygen atoms in total. The van der Waals surface area contributed by atoms with Crippen LogP contribution < -0.4 is 10.9 Å². The third-order valence-electron chi connectivity index (χ3n) is 3.99. The average molecular weight is 618 g/mol. The maximum atomic E-state index is 9.30. The van der Waals surface area contributed by atoms with Crippen LogP contribution in [0, 0.1) is 27.8 Å². The van der Waals surface area contributed by atoms with Crippen molar-refractivity contribution < 1.29 is 52.1 Å². The van der Waals surface area contributed by atoms with Crippen molar-refractivity contribution in [1.82, 2.24) is 0 Å². The summed E-state index contributed by atoms with van der Waals surface area (Å²) in [5, 5.41) is 18.9. The van der Waals surface area contributed by atoms with E-state index in [2.05, 4.69) is 0 Å². The molecule has 0 aliphatic carbocycles. The van der Waals surface area contributed by atoms with Crippen molar-refractivity contribution >= 4 is 21.5 Å². The SMILES string of the molecule is [OH+]=c1ccc2ccccc2cc1[OH2+].[OH+]=c1ccc2ccccc2cc1[OH2+].[O]=[U+2]=[O]. The predicted octanol–water partition coefficient (Wildman–Crippen LogP) is 2.33. The summed E-state index contributed by atoms with van der Waals surface area (Å²) in [6.45, 7) is 0. The van der Waals surface area contributed by atoms with E-state index in [-0.39, 0.29) is 22.4 Å². The van der Waals surface area contributed by atoms with Crippen LogP contribution in [0.5, 0.6) is 11.5 Å². The van der Waals surface area contributed by atoms with Gasteiger partial charge in [0.25, 0.3) is 0 Å². The molecule has 0 spiro atoms. The summed E-state index contributed by atoms with van der Waals surface area (Å²) < 4.78 is 17.2. The molecule has 7 heteroatoms. The van der Waals surface area contributed by atoms with Crippen LogP contribution in [-0.2, 0) is 4.47 Å². The van der Waals surface area contributed by atoms with E-state index in [0.29, 0.717) is 0 Å². The summed E-state index contributed by atoms with van der Waals surface area (Å²) >= 11 is -2.51. The summed E-state index contributed by atoms with van der Waals surface area (Å²) in [5.41, 5.74) is 0.0207. The molecule has 0 aromatic heterocycles. The molecule has 0 saturated heterocycles. The summed E-state index contributed by atoms with van der Waals surface area (Å²) in [4.78, 5) is 18.6. The molecule has 0 fully saturated rings. The first kappa shape index (κ1) is 22.3. The van der Waals surface area contributed by atoms with Gasteiger partial charge in [0.05, 0.1) is 24.3 Å². The zero-order chi connectivity index (χ0) is 21.2. The van der Waals surface area contributed by atoms with E-state index in [9.17, 15) is 9.59 Å². The molecule has 0 atom stereocenters. The van der Waals surface area contributed by atoms with Crippen LogP contribution in [0.2, 0.25) is 0 Å². The standard InChI is InChI=1S/2C11H8O2.2O.U/c2*12-10-6-5-8-3-1-2-4-9(8)7-11(10)13;;;/h2*1-7H,(H,12,13);;;/q;;;;+2/p+4. The first-order chi connectivity index (χ1) is 14.0. The van der Waals surface area contributed by atoms with E-state index < -0.39 is 27.8 Å². The number of rotatable bonds is 0. The van der Waals surface area contributed by atoms with E-state index >= 15 is 0 Å². The van der Waals surface area contributed by atoms with Gasteiger partial charge in [-0.3, -0.25) is 9.59 Å². The van der Waals surface area contributed by atoms with Gasteiger partial charge in [0.2, 0.25) is 0 Å². The van der Waals surface area contributed by atoms with Crippen molar-refractivity contribution in [1.29, 1.82) is 0 Å². The molecule has 4 aromatic carbocycles. The van der Waals surface area contributed by atoms with Crippen LogP contribution in [0.1, 0.15) is 0 Å². The van der Waals surface area contributed by atoms with Gasteiger partial charge in [-0.15, -0.1) is 0 Å². The van der Waals surface area contributed by atoms with Crippen LogP contribution in [0.25, 0.3) is 21.5 Å². The van der Waals surface area contributed by atoms with E-state index in [1.165, 1.54) is 0 Å². The first-order valence-corrected chi connectivity index (χ1v) is 11.9. The Hall–Kier alpha value is -3.01. The Bertz CT molecular complexity index is 1200. The molecule has 0 unspecified atom stereocenters. The second kappa shape index (κ2) is 11.1. The molecule has 0 aliphatic rings. The fraction of sp³-hybridized carbons (Fsp3) is 0. The fourth-order valence-electron chi connectivity index (χ4n) is 2.56. The second-order valence-electron chi connectivity index (χ2n) is 5.89. The normalized spacial score (nSPS) is 9.38. The first-order valence-electron chi connectivity index (χ1n) is 8.49. The van der Waals surface area contributed by atoms with E-state index in [1.54, 1.807) is 24.3 Å². The van der Waals surface area contributed by atoms with Crippen molar-refractivity contribution in [2.45, 2.75) is 0 Å². The Labute approximate surface area is 180 Å². The topological polar surface area (TPSA) is 123 Å². The van der Waals surface area contributed by atoms with Gasteiger partial charge in [-0.2, -0.15) is 0 Å². The molecule has 0 bridgehead atoms. The summed E-state index contributed by atoms with van der Waals surface area (Å²) in [7, 11) is 0. The van der Waals surface area contributed by atoms with Gasteiger partial charge in [0.15, 0.2) is 0 Å². The molecule has 4 aromatic rings. The number of hydrogen-bond acceptors (Lipinski definition) is 2. The molecule has 6 N–H and O–H groups in total. The average Bonchev–Trinajstić information content (AvgIpc) is 2.95. The van der Waals surface area contributed by atoms with Gasteiger partial charge in [-0.25, -0.2) is 0 Å². The molecule has 0 heterocycles. The van der Waals surface area contributed by atoms with Gasteiger partial charge in [0.1, 0.15) is 0 Å². The van der Waals surface area contributed by atoms with Gasteiger partial charge in [0, 0.05) is 0 Å². The van der Waals surface area contributed by atoms with Crippen LogP contribution in [0.15, 0.2) is 84.9 Å². The van der Waals surface area contributed by atoms with E-state index in [0.717, 1.165) is 21.5 Å². The van der Waals surface area contributed by atoms with Crippen LogP contribution in [0.4, 0.5) is 0 Å². The Morgan fingerprint density at radius 1 is 0.552 bits per heavy atom. The molecule has 0 amide bonds. The van der Waals surface area contributed by atoms with Crippen LogP contribution in [-0.4, -0.2) is 19.8 Å². The molecule has 0 saturated carbocycles. The maximum absolute atomic E-state index is 9.30. The van der Waals surface area contributed by atoms with Gasteiger partial charge in [-0.1, -0.05) is 48.5 Å². The third kappa shape index (κ3) is 6.53. The summed E-state index contributed by atoms with van der Waals surface area (Å²) in [5.74, 6) is 0.308. The van der Waals surface area contributed by atoms with Crippen LogP contribution >= 0.6 is 0 Å². The molecular weight excluding hydrogens is 598 g/mol. The predicted molar refractivity (Wildman–Crippen MR) is 106 cm³/mol. The van der Waals surface area contributed by atoms with Crippen molar-refractivity contribution in [3.05, 3.63) is 95.8 Å². The van der Waals surface area contributed by atoms with Crippen molar-refractivity contribution in [2.24, 2.45) is 0 Å². The Balaban J connectivity index is 0.000000183. The third-order valence-corrected chi connectivity index (χ3v) is 3.99. The zero-order valence-corrected chi connectivity index (χ0v) is 19.5. The van der Waals surface area contributed by atoms with Gasteiger partial charge >= 0.3 is 54.6 Å². The van der Waals surface area contributed by atoms with Crippen molar-refractivity contribution in [2.75, 3.05) is 0 Å². The van der Waals surface area contributed by atoms with Crippen LogP contribution in [0.3, 0.4) is 0 Å². The van der Waals surface area contributed by atoms with E-state index in [4.69, 9.17) is 14.7 Å². The van der Waals surface area contributed by atoms with E-state index in [1.807, 2.05) is 60.7 Å². The van der Waals surface area contributed by atoms with Gasteiger partial charge in [-0.05, 0) is 33.7 Å². The molecular formula is C22H20O6U+6.